The van der Waals surface area contributed by atoms with Gasteiger partial charge in [-0.3, -0.25) is 4.79 Å². The molecule has 5 nitrogen and oxygen atoms in total. The lowest BCUT2D eigenvalue weighted by molar-refractivity contribution is -0.120. The molecule has 0 aliphatic heterocycles. The molecule has 2 aliphatic rings. The highest BCUT2D eigenvalue weighted by molar-refractivity contribution is 7.99. The van der Waals surface area contributed by atoms with Crippen molar-refractivity contribution in [3.8, 4) is 0 Å². The fraction of sp³-hybridized carbons (Fsp3) is 0.650. The van der Waals surface area contributed by atoms with Gasteiger partial charge in [0.15, 0.2) is 5.16 Å². The maximum atomic E-state index is 12.5. The SMILES string of the molecule is C[C@H]1[C@@H](NC(=O)CSc2nnc(Cc3cccs3)n2C2CC2)CCC[C@@H]1C. The third-order valence-electron chi connectivity index (χ3n) is 5.95. The summed E-state index contributed by atoms with van der Waals surface area (Å²) in [5, 5.41) is 15.1. The number of carbonyl (C=O) groups excluding carboxylic acids is 1. The van der Waals surface area contributed by atoms with Crippen LogP contribution in [-0.2, 0) is 11.2 Å². The van der Waals surface area contributed by atoms with E-state index in [-0.39, 0.29) is 5.91 Å². The molecule has 2 aliphatic carbocycles. The summed E-state index contributed by atoms with van der Waals surface area (Å²) < 4.78 is 2.27. The Morgan fingerprint density at radius 1 is 1.30 bits per heavy atom. The number of thioether (sulfide) groups is 1. The molecule has 0 bridgehead atoms. The van der Waals surface area contributed by atoms with Crippen LogP contribution in [0, 0.1) is 11.8 Å². The monoisotopic (exact) mass is 404 g/mol. The molecular formula is C20H28N4OS2. The third kappa shape index (κ3) is 4.57. The van der Waals surface area contributed by atoms with Gasteiger partial charge in [0.2, 0.25) is 5.91 Å². The van der Waals surface area contributed by atoms with Gasteiger partial charge in [0, 0.05) is 23.4 Å². The van der Waals surface area contributed by atoms with E-state index < -0.39 is 0 Å². The number of hydrogen-bond acceptors (Lipinski definition) is 5. The van der Waals surface area contributed by atoms with E-state index in [0.29, 0.717) is 29.7 Å². The van der Waals surface area contributed by atoms with Crippen LogP contribution in [0.15, 0.2) is 22.7 Å². The second-order valence-corrected chi connectivity index (χ2v) is 9.96. The van der Waals surface area contributed by atoms with Gasteiger partial charge in [-0.1, -0.05) is 44.5 Å². The van der Waals surface area contributed by atoms with Gasteiger partial charge in [0.05, 0.1) is 5.75 Å². The van der Waals surface area contributed by atoms with Crippen LogP contribution < -0.4 is 5.32 Å². The van der Waals surface area contributed by atoms with E-state index in [9.17, 15) is 4.79 Å². The van der Waals surface area contributed by atoms with Crippen LogP contribution in [0.4, 0.5) is 0 Å². The van der Waals surface area contributed by atoms with E-state index in [1.54, 1.807) is 11.3 Å². The zero-order chi connectivity index (χ0) is 18.8. The normalized spacial score (nSPS) is 25.5. The van der Waals surface area contributed by atoms with Crippen molar-refractivity contribution >= 4 is 29.0 Å². The van der Waals surface area contributed by atoms with Crippen molar-refractivity contribution in [2.75, 3.05) is 5.75 Å². The van der Waals surface area contributed by atoms with Crippen molar-refractivity contribution < 1.29 is 4.79 Å². The summed E-state index contributed by atoms with van der Waals surface area (Å²) in [4.78, 5) is 13.8. The summed E-state index contributed by atoms with van der Waals surface area (Å²) in [5.74, 6) is 2.81. The van der Waals surface area contributed by atoms with Crippen molar-refractivity contribution in [3.63, 3.8) is 0 Å². The topological polar surface area (TPSA) is 59.8 Å². The van der Waals surface area contributed by atoms with Crippen LogP contribution in [0.1, 0.15) is 62.7 Å². The molecule has 2 aromatic rings. The van der Waals surface area contributed by atoms with Gasteiger partial charge >= 0.3 is 0 Å². The molecule has 3 atom stereocenters. The molecule has 0 unspecified atom stereocenters. The Labute approximate surface area is 169 Å². The van der Waals surface area contributed by atoms with Crippen molar-refractivity contribution in [2.24, 2.45) is 11.8 Å². The molecule has 7 heteroatoms. The standard InChI is InChI=1S/C20H28N4OS2/c1-13-5-3-7-17(14(13)2)21-19(25)12-27-20-23-22-18(24(20)15-8-9-15)11-16-6-4-10-26-16/h4,6,10,13-15,17H,3,5,7-9,11-12H2,1-2H3,(H,21,25)/t13-,14+,17-/m0/s1. The Kier molecular flexibility index (Phi) is 5.88. The van der Waals surface area contributed by atoms with Crippen molar-refractivity contribution in [3.05, 3.63) is 28.2 Å². The van der Waals surface area contributed by atoms with E-state index in [1.165, 1.54) is 42.3 Å². The molecule has 4 rings (SSSR count). The van der Waals surface area contributed by atoms with Crippen LogP contribution in [0.25, 0.3) is 0 Å². The average molecular weight is 405 g/mol. The lowest BCUT2D eigenvalue weighted by Gasteiger charge is -2.34. The smallest absolute Gasteiger partial charge is 0.230 e. The zero-order valence-electron chi connectivity index (χ0n) is 16.1. The van der Waals surface area contributed by atoms with Gasteiger partial charge in [-0.05, 0) is 42.5 Å². The Hall–Kier alpha value is -1.34. The van der Waals surface area contributed by atoms with E-state index in [2.05, 4.69) is 51.4 Å². The van der Waals surface area contributed by atoms with Gasteiger partial charge in [-0.25, -0.2) is 0 Å². The molecule has 2 fully saturated rings. The Bertz CT molecular complexity index is 769. The number of rotatable bonds is 7. The molecule has 146 valence electrons. The Balaban J connectivity index is 1.36. The fourth-order valence-corrected chi connectivity index (χ4v) is 5.50. The largest absolute Gasteiger partial charge is 0.352 e. The van der Waals surface area contributed by atoms with Crippen molar-refractivity contribution in [1.29, 1.82) is 0 Å². The molecule has 2 saturated carbocycles. The number of nitrogens with zero attached hydrogens (tertiary/aromatic N) is 3. The molecule has 2 aromatic heterocycles. The van der Waals surface area contributed by atoms with Crippen LogP contribution in [0.3, 0.4) is 0 Å². The van der Waals surface area contributed by atoms with Crippen LogP contribution in [0.5, 0.6) is 0 Å². The first-order valence-corrected chi connectivity index (χ1v) is 11.9. The molecule has 0 spiro atoms. The first-order chi connectivity index (χ1) is 13.1. The first-order valence-electron chi connectivity index (χ1n) is 10.00. The predicted molar refractivity (Wildman–Crippen MR) is 110 cm³/mol. The maximum absolute atomic E-state index is 12.5. The minimum atomic E-state index is 0.121. The van der Waals surface area contributed by atoms with E-state index in [4.69, 9.17) is 0 Å². The summed E-state index contributed by atoms with van der Waals surface area (Å²) in [5.41, 5.74) is 0. The molecular weight excluding hydrogens is 376 g/mol. The molecule has 0 saturated heterocycles. The van der Waals surface area contributed by atoms with E-state index >= 15 is 0 Å². The number of aromatic nitrogens is 3. The summed E-state index contributed by atoms with van der Waals surface area (Å²) >= 11 is 3.28. The highest BCUT2D eigenvalue weighted by Gasteiger charge is 2.31. The number of amides is 1. The zero-order valence-corrected chi connectivity index (χ0v) is 17.7. The lowest BCUT2D eigenvalue weighted by Crippen LogP contribution is -2.44. The van der Waals surface area contributed by atoms with Crippen LogP contribution in [-0.4, -0.2) is 32.5 Å². The molecule has 27 heavy (non-hydrogen) atoms. The van der Waals surface area contributed by atoms with Gasteiger partial charge in [-0.15, -0.1) is 21.5 Å². The number of nitrogens with one attached hydrogen (secondary N) is 1. The molecule has 1 N–H and O–H groups in total. The Morgan fingerprint density at radius 2 is 2.15 bits per heavy atom. The summed E-state index contributed by atoms with van der Waals surface area (Å²) in [6, 6.07) is 5.05. The van der Waals surface area contributed by atoms with Gasteiger partial charge in [0.1, 0.15) is 5.82 Å². The van der Waals surface area contributed by atoms with E-state index in [1.807, 2.05) is 0 Å². The summed E-state index contributed by atoms with van der Waals surface area (Å²) in [6.45, 7) is 4.56. The lowest BCUT2D eigenvalue weighted by atomic mass is 9.78. The van der Waals surface area contributed by atoms with Gasteiger partial charge in [-0.2, -0.15) is 0 Å². The fourth-order valence-electron chi connectivity index (χ4n) is 3.96. The minimum absolute atomic E-state index is 0.121. The van der Waals surface area contributed by atoms with Crippen molar-refractivity contribution in [1.82, 2.24) is 20.1 Å². The Morgan fingerprint density at radius 3 is 2.89 bits per heavy atom. The van der Waals surface area contributed by atoms with Crippen LogP contribution >= 0.6 is 23.1 Å². The summed E-state index contributed by atoms with van der Waals surface area (Å²) in [6.07, 6.45) is 6.79. The molecule has 0 aromatic carbocycles. The quantitative estimate of drug-likeness (QED) is 0.699. The predicted octanol–water partition coefficient (Wildman–Crippen LogP) is 4.30. The number of thiophene rings is 1. The minimum Gasteiger partial charge on any atom is -0.352 e. The average Bonchev–Trinajstić information content (AvgIpc) is 3.20. The second-order valence-electron chi connectivity index (χ2n) is 7.99. The number of carbonyl (C=O) groups is 1. The first kappa shape index (κ1) is 19.0. The van der Waals surface area contributed by atoms with Gasteiger partial charge < -0.3 is 9.88 Å². The second kappa shape index (κ2) is 8.35. The molecule has 2 heterocycles. The van der Waals surface area contributed by atoms with E-state index in [0.717, 1.165) is 23.8 Å². The van der Waals surface area contributed by atoms with Gasteiger partial charge in [0.25, 0.3) is 0 Å². The van der Waals surface area contributed by atoms with Crippen molar-refractivity contribution in [2.45, 2.75) is 69.6 Å². The number of hydrogen-bond donors (Lipinski definition) is 1. The molecule has 0 radical (unpaired) electrons. The maximum Gasteiger partial charge on any atom is 0.230 e. The highest BCUT2D eigenvalue weighted by Crippen LogP contribution is 2.39. The third-order valence-corrected chi connectivity index (χ3v) is 7.76. The van der Waals surface area contributed by atoms with Crippen LogP contribution in [0.2, 0.25) is 0 Å². The summed E-state index contributed by atoms with van der Waals surface area (Å²) in [7, 11) is 0. The highest BCUT2D eigenvalue weighted by atomic mass is 32.2. The molecule has 1 amide bonds.